The van der Waals surface area contributed by atoms with Crippen LogP contribution in [0.4, 0.5) is 0 Å². The third-order valence-electron chi connectivity index (χ3n) is 4.03. The summed E-state index contributed by atoms with van der Waals surface area (Å²) in [5.74, 6) is 2.43. The number of imidazole rings is 1. The van der Waals surface area contributed by atoms with E-state index < -0.39 is 0 Å². The molecule has 1 fully saturated rings. The van der Waals surface area contributed by atoms with E-state index in [1.807, 2.05) is 46.7 Å². The molecule has 3 aromatic rings. The van der Waals surface area contributed by atoms with Crippen LogP contribution in [0.3, 0.4) is 0 Å². The summed E-state index contributed by atoms with van der Waals surface area (Å²) in [7, 11) is 0. The number of aromatic nitrogens is 3. The number of aromatic hydroxyl groups is 1. The molecule has 5 heteroatoms. The molecule has 1 atom stereocenters. The highest BCUT2D eigenvalue weighted by Gasteiger charge is 2.25. The Morgan fingerprint density at radius 3 is 2.86 bits per heavy atom. The van der Waals surface area contributed by atoms with Gasteiger partial charge in [0.25, 0.3) is 0 Å². The molecule has 1 aliphatic rings. The minimum atomic E-state index is 0.259. The third kappa shape index (κ3) is 2.25. The Balaban J connectivity index is 1.96. The monoisotopic (exact) mass is 311 g/mol. The van der Waals surface area contributed by atoms with Crippen molar-refractivity contribution in [3.8, 4) is 11.4 Å². The number of phenols is 1. The van der Waals surface area contributed by atoms with Gasteiger partial charge in [-0.2, -0.15) is 11.8 Å². The molecule has 4 nitrogen and oxygen atoms in total. The van der Waals surface area contributed by atoms with Crippen molar-refractivity contribution < 1.29 is 5.11 Å². The van der Waals surface area contributed by atoms with Gasteiger partial charge in [0.1, 0.15) is 17.1 Å². The quantitative estimate of drug-likeness (QED) is 0.774. The minimum Gasteiger partial charge on any atom is -0.506 e. The molecule has 0 saturated carbocycles. The van der Waals surface area contributed by atoms with Crippen LogP contribution in [0.25, 0.3) is 16.9 Å². The van der Waals surface area contributed by atoms with E-state index >= 15 is 0 Å². The summed E-state index contributed by atoms with van der Waals surface area (Å²) < 4.78 is 2.02. The van der Waals surface area contributed by atoms with Gasteiger partial charge < -0.3 is 5.11 Å². The maximum absolute atomic E-state index is 10.3. The van der Waals surface area contributed by atoms with Crippen molar-refractivity contribution in [2.45, 2.75) is 24.5 Å². The molecule has 0 amide bonds. The molecule has 0 aliphatic carbocycles. The topological polar surface area (TPSA) is 50.9 Å². The number of benzene rings is 1. The van der Waals surface area contributed by atoms with Crippen molar-refractivity contribution in [3.05, 3.63) is 48.4 Å². The maximum atomic E-state index is 10.3. The second-order valence-electron chi connectivity index (χ2n) is 5.50. The zero-order valence-corrected chi connectivity index (χ0v) is 13.0. The zero-order chi connectivity index (χ0) is 14.9. The Kier molecular flexibility index (Phi) is 3.50. The van der Waals surface area contributed by atoms with Crippen LogP contribution < -0.4 is 0 Å². The Hall–Kier alpha value is -2.01. The third-order valence-corrected chi connectivity index (χ3v) is 5.41. The number of phenolic OH excluding ortho intramolecular Hbond substituents is 1. The Morgan fingerprint density at radius 2 is 2.05 bits per heavy atom. The second kappa shape index (κ2) is 5.65. The predicted molar refractivity (Wildman–Crippen MR) is 89.6 cm³/mol. The lowest BCUT2D eigenvalue weighted by molar-refractivity contribution is 0.471. The van der Waals surface area contributed by atoms with Gasteiger partial charge in [-0.15, -0.1) is 0 Å². The van der Waals surface area contributed by atoms with E-state index in [9.17, 15) is 5.11 Å². The van der Waals surface area contributed by atoms with Crippen LogP contribution in [0.2, 0.25) is 0 Å². The van der Waals surface area contributed by atoms with Crippen LogP contribution in [0.15, 0.2) is 42.6 Å². The molecule has 0 bridgehead atoms. The molecule has 0 spiro atoms. The Bertz CT molecular complexity index is 809. The first-order chi connectivity index (χ1) is 10.8. The SMILES string of the molecule is Oc1ccccc1-n1c(C2CCCCS2)nc2cccnc21. The molecule has 0 radical (unpaired) electrons. The number of rotatable bonds is 2. The van der Waals surface area contributed by atoms with Gasteiger partial charge in [-0.25, -0.2) is 9.97 Å². The smallest absolute Gasteiger partial charge is 0.164 e. The lowest BCUT2D eigenvalue weighted by atomic mass is 10.1. The molecule has 3 heterocycles. The van der Waals surface area contributed by atoms with Gasteiger partial charge >= 0.3 is 0 Å². The summed E-state index contributed by atoms with van der Waals surface area (Å²) in [6.07, 6.45) is 5.41. The van der Waals surface area contributed by atoms with E-state index in [4.69, 9.17) is 4.98 Å². The van der Waals surface area contributed by atoms with E-state index in [1.165, 1.54) is 18.6 Å². The summed E-state index contributed by atoms with van der Waals surface area (Å²) in [4.78, 5) is 9.32. The van der Waals surface area contributed by atoms with Crippen molar-refractivity contribution >= 4 is 22.9 Å². The molecule has 2 aromatic heterocycles. The molecule has 4 rings (SSSR count). The van der Waals surface area contributed by atoms with E-state index in [2.05, 4.69) is 4.98 Å². The highest BCUT2D eigenvalue weighted by Crippen LogP contribution is 2.40. The van der Waals surface area contributed by atoms with Crippen LogP contribution in [0.1, 0.15) is 30.3 Å². The predicted octanol–water partition coefficient (Wildman–Crippen LogP) is 4.08. The fourth-order valence-corrected chi connectivity index (χ4v) is 4.28. The fourth-order valence-electron chi connectivity index (χ4n) is 2.98. The molecule has 1 N–H and O–H groups in total. The first-order valence-electron chi connectivity index (χ1n) is 7.58. The van der Waals surface area contributed by atoms with E-state index in [1.54, 1.807) is 12.3 Å². The van der Waals surface area contributed by atoms with Crippen LogP contribution in [0, 0.1) is 0 Å². The Labute approximate surface area is 133 Å². The lowest BCUT2D eigenvalue weighted by Gasteiger charge is -2.22. The van der Waals surface area contributed by atoms with Gasteiger partial charge in [0, 0.05) is 6.20 Å². The number of thioether (sulfide) groups is 1. The molecule has 1 unspecified atom stereocenters. The number of pyridine rings is 1. The molecule has 22 heavy (non-hydrogen) atoms. The van der Waals surface area contributed by atoms with Crippen molar-refractivity contribution in [1.29, 1.82) is 0 Å². The van der Waals surface area contributed by atoms with Crippen molar-refractivity contribution in [3.63, 3.8) is 0 Å². The number of hydrogen-bond donors (Lipinski definition) is 1. The van der Waals surface area contributed by atoms with Crippen molar-refractivity contribution in [2.24, 2.45) is 0 Å². The number of para-hydroxylation sites is 2. The first kappa shape index (κ1) is 13.6. The summed E-state index contributed by atoms with van der Waals surface area (Å²) in [6.45, 7) is 0. The van der Waals surface area contributed by atoms with E-state index in [0.29, 0.717) is 5.25 Å². The zero-order valence-electron chi connectivity index (χ0n) is 12.1. The van der Waals surface area contributed by atoms with E-state index in [0.717, 1.165) is 29.1 Å². The van der Waals surface area contributed by atoms with Crippen LogP contribution in [-0.4, -0.2) is 25.4 Å². The molecule has 1 saturated heterocycles. The highest BCUT2D eigenvalue weighted by atomic mass is 32.2. The van der Waals surface area contributed by atoms with Crippen LogP contribution in [0.5, 0.6) is 5.75 Å². The molecular formula is C17H17N3OS. The largest absolute Gasteiger partial charge is 0.506 e. The van der Waals surface area contributed by atoms with Gasteiger partial charge in [0.2, 0.25) is 0 Å². The van der Waals surface area contributed by atoms with Gasteiger partial charge in [-0.1, -0.05) is 18.6 Å². The maximum Gasteiger partial charge on any atom is 0.164 e. The average molecular weight is 311 g/mol. The van der Waals surface area contributed by atoms with Gasteiger partial charge in [-0.3, -0.25) is 4.57 Å². The summed E-state index contributed by atoms with van der Waals surface area (Å²) >= 11 is 1.95. The van der Waals surface area contributed by atoms with Gasteiger partial charge in [0.05, 0.1) is 10.9 Å². The molecular weight excluding hydrogens is 294 g/mol. The van der Waals surface area contributed by atoms with Gasteiger partial charge in [0.15, 0.2) is 5.65 Å². The Morgan fingerprint density at radius 1 is 1.14 bits per heavy atom. The number of nitrogens with zero attached hydrogens (tertiary/aromatic N) is 3. The molecule has 1 aromatic carbocycles. The second-order valence-corrected chi connectivity index (χ2v) is 6.81. The van der Waals surface area contributed by atoms with Crippen LogP contribution in [-0.2, 0) is 0 Å². The van der Waals surface area contributed by atoms with Crippen molar-refractivity contribution in [1.82, 2.24) is 14.5 Å². The molecule has 112 valence electrons. The standard InChI is InChI=1S/C17H17N3OS/c21-14-8-2-1-7-13(14)20-16-12(6-5-10-18-16)19-17(20)15-9-3-4-11-22-15/h1-2,5-8,10,15,21H,3-4,9,11H2. The fraction of sp³-hybridized carbons (Fsp3) is 0.294. The minimum absolute atomic E-state index is 0.259. The summed E-state index contributed by atoms with van der Waals surface area (Å²) in [5.41, 5.74) is 2.45. The summed E-state index contributed by atoms with van der Waals surface area (Å²) in [6, 6.07) is 11.3. The molecule has 1 aliphatic heterocycles. The number of hydrogen-bond acceptors (Lipinski definition) is 4. The number of fused-ring (bicyclic) bond motifs is 1. The lowest BCUT2D eigenvalue weighted by Crippen LogP contribution is -2.09. The average Bonchev–Trinajstić information content (AvgIpc) is 2.95. The van der Waals surface area contributed by atoms with Gasteiger partial charge in [-0.05, 0) is 42.9 Å². The normalized spacial score (nSPS) is 18.6. The van der Waals surface area contributed by atoms with Crippen molar-refractivity contribution in [2.75, 3.05) is 5.75 Å². The highest BCUT2D eigenvalue weighted by molar-refractivity contribution is 7.99. The van der Waals surface area contributed by atoms with E-state index in [-0.39, 0.29) is 5.75 Å². The van der Waals surface area contributed by atoms with Crippen LogP contribution >= 0.6 is 11.8 Å². The first-order valence-corrected chi connectivity index (χ1v) is 8.63. The summed E-state index contributed by atoms with van der Waals surface area (Å²) in [5, 5.41) is 10.6.